The summed E-state index contributed by atoms with van der Waals surface area (Å²) in [5.74, 6) is 0.229. The van der Waals surface area contributed by atoms with Crippen LogP contribution in [0.1, 0.15) is 0 Å². The summed E-state index contributed by atoms with van der Waals surface area (Å²) in [7, 11) is 5.54. The Bertz CT molecular complexity index is 1070. The highest BCUT2D eigenvalue weighted by atomic mass is 16.5. The molecule has 0 radical (unpaired) electrons. The predicted molar refractivity (Wildman–Crippen MR) is 97.5 cm³/mol. The van der Waals surface area contributed by atoms with Crippen LogP contribution in [0.4, 0.5) is 0 Å². The molecule has 1 aromatic heterocycles. The third-order valence-electron chi connectivity index (χ3n) is 4.10. The zero-order valence-electron chi connectivity index (χ0n) is 15.2. The second-order valence-corrected chi connectivity index (χ2v) is 5.54. The molecule has 0 spiro atoms. The number of hydrogen-bond acceptors (Lipinski definition) is 8. The van der Waals surface area contributed by atoms with Crippen molar-refractivity contribution in [2.45, 2.75) is 0 Å². The highest BCUT2D eigenvalue weighted by Gasteiger charge is 2.23. The van der Waals surface area contributed by atoms with Crippen LogP contribution in [-0.4, -0.2) is 38.7 Å². The van der Waals surface area contributed by atoms with Crippen molar-refractivity contribution in [1.29, 1.82) is 0 Å². The van der Waals surface area contributed by atoms with Gasteiger partial charge in [0.2, 0.25) is 11.2 Å². The fourth-order valence-corrected chi connectivity index (χ4v) is 2.78. The number of fused-ring (bicyclic) bond motifs is 1. The van der Waals surface area contributed by atoms with E-state index in [9.17, 15) is 15.0 Å². The van der Waals surface area contributed by atoms with Crippen LogP contribution < -0.4 is 24.4 Å². The Kier molecular flexibility index (Phi) is 4.72. The van der Waals surface area contributed by atoms with Gasteiger partial charge in [-0.3, -0.25) is 4.79 Å². The van der Waals surface area contributed by atoms with Gasteiger partial charge in [0.15, 0.2) is 28.8 Å². The smallest absolute Gasteiger partial charge is 0.235 e. The molecule has 3 rings (SSSR count). The molecular weight excluding hydrogens is 356 g/mol. The van der Waals surface area contributed by atoms with Gasteiger partial charge in [0.25, 0.3) is 0 Å². The van der Waals surface area contributed by atoms with Crippen LogP contribution in [0.2, 0.25) is 0 Å². The van der Waals surface area contributed by atoms with E-state index >= 15 is 0 Å². The maximum Gasteiger partial charge on any atom is 0.235 e. The van der Waals surface area contributed by atoms with Gasteiger partial charge in [-0.1, -0.05) is 0 Å². The Labute approximate surface area is 154 Å². The third-order valence-corrected chi connectivity index (χ3v) is 4.10. The Morgan fingerprint density at radius 1 is 0.778 bits per heavy atom. The summed E-state index contributed by atoms with van der Waals surface area (Å²) in [6.07, 6.45) is 0. The van der Waals surface area contributed by atoms with Gasteiger partial charge >= 0.3 is 0 Å². The lowest BCUT2D eigenvalue weighted by atomic mass is 10.1. The van der Waals surface area contributed by atoms with E-state index in [1.165, 1.54) is 52.7 Å². The lowest BCUT2D eigenvalue weighted by molar-refractivity contribution is 0.363. The molecule has 0 saturated heterocycles. The molecule has 142 valence electrons. The predicted octanol–water partition coefficient (Wildman–Crippen LogP) is 2.91. The van der Waals surface area contributed by atoms with Gasteiger partial charge in [-0.15, -0.1) is 0 Å². The molecule has 2 aromatic carbocycles. The molecule has 3 aromatic rings. The van der Waals surface area contributed by atoms with Gasteiger partial charge in [-0.25, -0.2) is 0 Å². The minimum atomic E-state index is -0.496. The van der Waals surface area contributed by atoms with Crippen LogP contribution in [-0.2, 0) is 0 Å². The van der Waals surface area contributed by atoms with Crippen molar-refractivity contribution in [3.05, 3.63) is 34.5 Å². The molecule has 2 N–H and O–H groups in total. The van der Waals surface area contributed by atoms with Crippen molar-refractivity contribution < 1.29 is 33.6 Å². The highest BCUT2D eigenvalue weighted by Crippen LogP contribution is 2.43. The summed E-state index contributed by atoms with van der Waals surface area (Å²) in [6.45, 7) is 0. The normalized spacial score (nSPS) is 10.7. The van der Waals surface area contributed by atoms with Gasteiger partial charge in [-0.2, -0.15) is 0 Å². The second kappa shape index (κ2) is 6.99. The number of hydrogen-bond donors (Lipinski definition) is 2. The first-order chi connectivity index (χ1) is 12.9. The van der Waals surface area contributed by atoms with Crippen LogP contribution in [0.5, 0.6) is 34.5 Å². The van der Waals surface area contributed by atoms with E-state index in [1.54, 1.807) is 0 Å². The molecule has 0 amide bonds. The summed E-state index contributed by atoms with van der Waals surface area (Å²) >= 11 is 0. The van der Waals surface area contributed by atoms with Crippen molar-refractivity contribution in [3.63, 3.8) is 0 Å². The standard InChI is InChI=1S/C19H18O8/c1-23-13-7-15(24-2)12(21)6-10(13)18-19(26-4)17(22)9-5-11(20)16(25-3)8-14(9)27-18/h5-8,20-21H,1-4H3. The molecule has 0 saturated carbocycles. The molecule has 0 aliphatic heterocycles. The van der Waals surface area contributed by atoms with E-state index in [0.717, 1.165) is 0 Å². The number of ether oxygens (including phenoxy) is 4. The van der Waals surface area contributed by atoms with Gasteiger partial charge in [0.05, 0.1) is 39.4 Å². The molecule has 8 nitrogen and oxygen atoms in total. The third kappa shape index (κ3) is 2.95. The number of phenols is 2. The van der Waals surface area contributed by atoms with E-state index < -0.39 is 5.43 Å². The molecule has 0 bridgehead atoms. The van der Waals surface area contributed by atoms with Crippen molar-refractivity contribution >= 4 is 11.0 Å². The number of benzene rings is 2. The van der Waals surface area contributed by atoms with Gasteiger partial charge in [0, 0.05) is 12.1 Å². The topological polar surface area (TPSA) is 108 Å². The van der Waals surface area contributed by atoms with E-state index in [-0.39, 0.29) is 45.5 Å². The van der Waals surface area contributed by atoms with E-state index in [2.05, 4.69) is 0 Å². The van der Waals surface area contributed by atoms with Crippen LogP contribution in [0, 0.1) is 0 Å². The monoisotopic (exact) mass is 374 g/mol. The summed E-state index contributed by atoms with van der Waals surface area (Å²) in [5.41, 5.74) is -0.0365. The van der Waals surface area contributed by atoms with E-state index in [4.69, 9.17) is 23.4 Å². The Balaban J connectivity index is 2.39. The van der Waals surface area contributed by atoms with Crippen LogP contribution in [0.25, 0.3) is 22.3 Å². The van der Waals surface area contributed by atoms with Gasteiger partial charge in [-0.05, 0) is 12.1 Å². The summed E-state index contributed by atoms with van der Waals surface area (Å²) in [6, 6.07) is 5.45. The SMILES string of the molecule is COc1cc(OC)c(-c2oc3cc(OC)c(O)cc3c(=O)c2OC)cc1O. The Morgan fingerprint density at radius 3 is 1.96 bits per heavy atom. The van der Waals surface area contributed by atoms with Crippen LogP contribution >= 0.6 is 0 Å². The largest absolute Gasteiger partial charge is 0.504 e. The maximum absolute atomic E-state index is 12.8. The zero-order valence-corrected chi connectivity index (χ0v) is 15.2. The molecule has 0 atom stereocenters. The maximum atomic E-state index is 12.8. The number of aromatic hydroxyl groups is 2. The fraction of sp³-hybridized carbons (Fsp3) is 0.211. The zero-order chi connectivity index (χ0) is 19.7. The fourth-order valence-electron chi connectivity index (χ4n) is 2.78. The van der Waals surface area contributed by atoms with Gasteiger partial charge < -0.3 is 33.6 Å². The quantitative estimate of drug-likeness (QED) is 0.702. The van der Waals surface area contributed by atoms with Crippen LogP contribution in [0.3, 0.4) is 0 Å². The number of methoxy groups -OCH3 is 4. The minimum absolute atomic E-state index is 0.0533. The molecule has 0 fully saturated rings. The van der Waals surface area contributed by atoms with Crippen molar-refractivity contribution in [2.75, 3.05) is 28.4 Å². The molecule has 0 aliphatic rings. The first-order valence-electron chi connectivity index (χ1n) is 7.82. The van der Waals surface area contributed by atoms with Gasteiger partial charge in [0.1, 0.15) is 11.3 Å². The first kappa shape index (κ1) is 18.2. The Hall–Kier alpha value is -3.55. The molecular formula is C19H18O8. The minimum Gasteiger partial charge on any atom is -0.504 e. The molecule has 0 aliphatic carbocycles. The average molecular weight is 374 g/mol. The molecule has 8 heteroatoms. The number of phenolic OH excluding ortho intramolecular Hbond substituents is 2. The first-order valence-corrected chi connectivity index (χ1v) is 7.82. The second-order valence-electron chi connectivity index (χ2n) is 5.54. The Morgan fingerprint density at radius 2 is 1.37 bits per heavy atom. The summed E-state index contributed by atoms with van der Waals surface area (Å²) in [4.78, 5) is 12.8. The average Bonchev–Trinajstić information content (AvgIpc) is 2.67. The van der Waals surface area contributed by atoms with E-state index in [1.807, 2.05) is 0 Å². The number of rotatable bonds is 5. The highest BCUT2D eigenvalue weighted by molar-refractivity contribution is 5.86. The molecule has 1 heterocycles. The molecule has 27 heavy (non-hydrogen) atoms. The van der Waals surface area contributed by atoms with Crippen molar-refractivity contribution in [2.24, 2.45) is 0 Å². The lowest BCUT2D eigenvalue weighted by Gasteiger charge is -2.14. The summed E-state index contributed by atoms with van der Waals surface area (Å²) < 4.78 is 26.6. The van der Waals surface area contributed by atoms with Crippen molar-refractivity contribution in [3.8, 4) is 45.8 Å². The lowest BCUT2D eigenvalue weighted by Crippen LogP contribution is -2.08. The molecule has 0 unspecified atom stereocenters. The van der Waals surface area contributed by atoms with E-state index in [0.29, 0.717) is 11.3 Å². The summed E-state index contributed by atoms with van der Waals surface area (Å²) in [5, 5.41) is 20.2. The van der Waals surface area contributed by atoms with Crippen LogP contribution in [0.15, 0.2) is 33.5 Å². The van der Waals surface area contributed by atoms with Crippen molar-refractivity contribution in [1.82, 2.24) is 0 Å².